The van der Waals surface area contributed by atoms with Crippen LogP contribution in [0.5, 0.6) is 0 Å². The molecule has 6 heteroatoms. The van der Waals surface area contributed by atoms with Crippen LogP contribution in [0.2, 0.25) is 0 Å². The van der Waals surface area contributed by atoms with Crippen LogP contribution >= 0.6 is 13.5 Å². The van der Waals surface area contributed by atoms with E-state index in [1.165, 1.54) is 0 Å². The van der Waals surface area contributed by atoms with E-state index in [1.807, 2.05) is 47.4 Å². The lowest BCUT2D eigenvalue weighted by atomic mass is 9.70. The van der Waals surface area contributed by atoms with E-state index in [4.69, 9.17) is 5.21 Å². The third kappa shape index (κ3) is 2.99. The van der Waals surface area contributed by atoms with Crippen LogP contribution in [0.3, 0.4) is 0 Å². The van der Waals surface area contributed by atoms with Crippen molar-refractivity contribution in [3.63, 3.8) is 0 Å². The maximum atomic E-state index is 13.1. The molecule has 2 N–H and O–H groups in total. The number of carbonyl (C=O) groups excluding carboxylic acids is 2. The lowest BCUT2D eigenvalue weighted by Crippen LogP contribution is -2.38. The Bertz CT molecular complexity index is 840. The van der Waals surface area contributed by atoms with Crippen LogP contribution in [0.1, 0.15) is 34.3 Å². The minimum atomic E-state index is -0.504. The molecule has 4 rings (SSSR count). The Labute approximate surface area is 159 Å². The highest BCUT2D eigenvalue weighted by Crippen LogP contribution is 2.45. The maximum absolute atomic E-state index is 13.1. The van der Waals surface area contributed by atoms with E-state index < -0.39 is 5.91 Å². The van der Waals surface area contributed by atoms with E-state index in [9.17, 15) is 9.59 Å². The molecule has 0 aromatic heterocycles. The highest BCUT2D eigenvalue weighted by Gasteiger charge is 2.48. The Morgan fingerprint density at radius 1 is 1.08 bits per heavy atom. The molecule has 1 aliphatic heterocycles. The smallest absolute Gasteiger partial charge is 0.274 e. The number of nitrogens with zero attached hydrogens (tertiary/aromatic N) is 1. The molecule has 2 aromatic carbocycles. The second kappa shape index (κ2) is 7.13. The standard InChI is InChI=1S/C20H20N2O3.H2S/c23-18(21-25)15-6-7-16-13-20(9-8-14(16)12-15)10-11-22(19(20)24)17-4-2-1-3-5-17;/h1-7,12,25H,8-11,13H2,(H,21,23);1H2/t20-;/m1./s1. The average Bonchev–Trinajstić information content (AvgIpc) is 2.97. The van der Waals surface area contributed by atoms with Crippen LogP contribution in [0.4, 0.5) is 5.69 Å². The first kappa shape index (κ1) is 18.5. The molecule has 0 unspecified atom stereocenters. The molecule has 2 aromatic rings. The average molecular weight is 370 g/mol. The van der Waals surface area contributed by atoms with Gasteiger partial charge in [-0.15, -0.1) is 0 Å². The first-order valence-electron chi connectivity index (χ1n) is 8.56. The van der Waals surface area contributed by atoms with Crippen LogP contribution in [-0.4, -0.2) is 23.6 Å². The molecule has 1 fully saturated rings. The lowest BCUT2D eigenvalue weighted by molar-refractivity contribution is -0.126. The number of hydroxylamine groups is 1. The molecule has 0 radical (unpaired) electrons. The molecular weight excluding hydrogens is 348 g/mol. The minimum Gasteiger partial charge on any atom is -0.312 e. The molecule has 26 heavy (non-hydrogen) atoms. The molecule has 1 heterocycles. The summed E-state index contributed by atoms with van der Waals surface area (Å²) in [5.41, 5.74) is 4.97. The second-order valence-corrected chi connectivity index (χ2v) is 6.92. The SMILES string of the molecule is O=C(NO)c1ccc2c(c1)CC[C@@]1(CCN(c3ccccc3)C1=O)C2.S. The summed E-state index contributed by atoms with van der Waals surface area (Å²) < 4.78 is 0. The summed E-state index contributed by atoms with van der Waals surface area (Å²) in [5.74, 6) is -0.295. The number of para-hydroxylation sites is 1. The highest BCUT2D eigenvalue weighted by atomic mass is 32.1. The van der Waals surface area contributed by atoms with Crippen molar-refractivity contribution in [2.24, 2.45) is 5.41 Å². The number of nitrogens with one attached hydrogen (secondary N) is 1. The van der Waals surface area contributed by atoms with E-state index in [0.29, 0.717) is 12.0 Å². The normalized spacial score (nSPS) is 21.3. The third-order valence-electron chi connectivity index (χ3n) is 5.55. The number of carbonyl (C=O) groups is 2. The van der Waals surface area contributed by atoms with Gasteiger partial charge in [-0.25, -0.2) is 5.48 Å². The Balaban J connectivity index is 0.00000196. The zero-order chi connectivity index (χ0) is 17.4. The number of hydrogen-bond acceptors (Lipinski definition) is 3. The van der Waals surface area contributed by atoms with Gasteiger partial charge < -0.3 is 4.90 Å². The molecule has 0 saturated carbocycles. The fraction of sp³-hybridized carbons (Fsp3) is 0.300. The van der Waals surface area contributed by atoms with Gasteiger partial charge in [0.05, 0.1) is 5.41 Å². The molecule has 2 amide bonds. The fourth-order valence-corrected chi connectivity index (χ4v) is 4.13. The van der Waals surface area contributed by atoms with Gasteiger partial charge in [-0.1, -0.05) is 24.3 Å². The Kier molecular flexibility index (Phi) is 5.07. The summed E-state index contributed by atoms with van der Waals surface area (Å²) in [7, 11) is 0. The largest absolute Gasteiger partial charge is 0.312 e. The highest BCUT2D eigenvalue weighted by molar-refractivity contribution is 7.59. The van der Waals surface area contributed by atoms with Crippen LogP contribution < -0.4 is 10.4 Å². The molecular formula is C20H22N2O3S. The van der Waals surface area contributed by atoms with Crippen molar-refractivity contribution in [3.05, 3.63) is 65.2 Å². The fourth-order valence-electron chi connectivity index (χ4n) is 4.13. The van der Waals surface area contributed by atoms with Gasteiger partial charge in [-0.2, -0.15) is 13.5 Å². The maximum Gasteiger partial charge on any atom is 0.274 e. The second-order valence-electron chi connectivity index (χ2n) is 6.92. The quantitative estimate of drug-likeness (QED) is 0.631. The van der Waals surface area contributed by atoms with Gasteiger partial charge in [-0.3, -0.25) is 14.8 Å². The van der Waals surface area contributed by atoms with Crippen LogP contribution in [-0.2, 0) is 17.6 Å². The summed E-state index contributed by atoms with van der Waals surface area (Å²) in [4.78, 5) is 26.6. The molecule has 1 spiro atoms. The topological polar surface area (TPSA) is 69.6 Å². The number of anilines is 1. The Morgan fingerprint density at radius 2 is 1.85 bits per heavy atom. The van der Waals surface area contributed by atoms with Gasteiger partial charge in [0.1, 0.15) is 0 Å². The van der Waals surface area contributed by atoms with Crippen molar-refractivity contribution in [1.29, 1.82) is 0 Å². The molecule has 5 nitrogen and oxygen atoms in total. The van der Waals surface area contributed by atoms with E-state index in [2.05, 4.69) is 0 Å². The van der Waals surface area contributed by atoms with E-state index in [1.54, 1.807) is 11.5 Å². The monoisotopic (exact) mass is 370 g/mol. The number of amides is 2. The summed E-state index contributed by atoms with van der Waals surface area (Å²) >= 11 is 0. The van der Waals surface area contributed by atoms with Gasteiger partial charge in [0.2, 0.25) is 5.91 Å². The summed E-state index contributed by atoms with van der Waals surface area (Å²) in [6.07, 6.45) is 3.15. The van der Waals surface area contributed by atoms with Crippen molar-refractivity contribution in [1.82, 2.24) is 5.48 Å². The van der Waals surface area contributed by atoms with Gasteiger partial charge in [0.15, 0.2) is 0 Å². The Morgan fingerprint density at radius 3 is 2.58 bits per heavy atom. The number of rotatable bonds is 2. The predicted octanol–water partition coefficient (Wildman–Crippen LogP) is 2.83. The van der Waals surface area contributed by atoms with Crippen molar-refractivity contribution in [2.45, 2.75) is 25.7 Å². The zero-order valence-electron chi connectivity index (χ0n) is 14.4. The number of fused-ring (bicyclic) bond motifs is 1. The van der Waals surface area contributed by atoms with Gasteiger partial charge in [0, 0.05) is 17.8 Å². The van der Waals surface area contributed by atoms with Crippen LogP contribution in [0.25, 0.3) is 0 Å². The summed E-state index contributed by atoms with van der Waals surface area (Å²) in [5, 5.41) is 8.78. The summed E-state index contributed by atoms with van der Waals surface area (Å²) in [6.45, 7) is 0.753. The van der Waals surface area contributed by atoms with Crippen molar-refractivity contribution >= 4 is 31.0 Å². The van der Waals surface area contributed by atoms with Crippen LogP contribution in [0.15, 0.2) is 48.5 Å². The van der Waals surface area contributed by atoms with Gasteiger partial charge in [-0.05, 0) is 61.1 Å². The third-order valence-corrected chi connectivity index (χ3v) is 5.55. The molecule has 2 aliphatic rings. The number of benzene rings is 2. The molecule has 0 bridgehead atoms. The van der Waals surface area contributed by atoms with Gasteiger partial charge >= 0.3 is 0 Å². The lowest BCUT2D eigenvalue weighted by Gasteiger charge is -2.33. The first-order chi connectivity index (χ1) is 12.1. The van der Waals surface area contributed by atoms with E-state index in [0.717, 1.165) is 42.6 Å². The minimum absolute atomic E-state index is 0. The van der Waals surface area contributed by atoms with Crippen molar-refractivity contribution in [2.75, 3.05) is 11.4 Å². The van der Waals surface area contributed by atoms with E-state index in [-0.39, 0.29) is 24.8 Å². The summed E-state index contributed by atoms with van der Waals surface area (Å²) in [6, 6.07) is 15.3. The van der Waals surface area contributed by atoms with E-state index >= 15 is 0 Å². The Hall–Kier alpha value is -2.31. The zero-order valence-corrected chi connectivity index (χ0v) is 15.4. The van der Waals surface area contributed by atoms with Crippen molar-refractivity contribution in [3.8, 4) is 0 Å². The first-order valence-corrected chi connectivity index (χ1v) is 8.56. The van der Waals surface area contributed by atoms with Crippen molar-refractivity contribution < 1.29 is 14.8 Å². The predicted molar refractivity (Wildman–Crippen MR) is 104 cm³/mol. The molecule has 1 atom stereocenters. The number of hydrogen-bond donors (Lipinski definition) is 2. The molecule has 136 valence electrons. The van der Waals surface area contributed by atoms with Crippen LogP contribution in [0, 0.1) is 5.41 Å². The molecule has 1 aliphatic carbocycles. The van der Waals surface area contributed by atoms with Gasteiger partial charge in [0.25, 0.3) is 5.91 Å². The number of aryl methyl sites for hydroxylation is 1. The molecule has 1 saturated heterocycles.